The van der Waals surface area contributed by atoms with E-state index in [2.05, 4.69) is 14.9 Å². The Morgan fingerprint density at radius 2 is 2.00 bits per heavy atom. The van der Waals surface area contributed by atoms with E-state index < -0.39 is 0 Å². The van der Waals surface area contributed by atoms with Crippen LogP contribution in [0, 0.1) is 0 Å². The van der Waals surface area contributed by atoms with Crippen LogP contribution in [-0.2, 0) is 0 Å². The molecule has 4 rings (SSSR count). The van der Waals surface area contributed by atoms with Crippen molar-refractivity contribution in [3.8, 4) is 0 Å². The van der Waals surface area contributed by atoms with Crippen LogP contribution in [0.1, 0.15) is 36.2 Å². The molecule has 0 radical (unpaired) electrons. The topological polar surface area (TPSA) is 53.7 Å². The van der Waals surface area contributed by atoms with Gasteiger partial charge in [0.25, 0.3) is 5.91 Å². The van der Waals surface area contributed by atoms with Gasteiger partial charge in [-0.25, -0.2) is 9.97 Å². The molecule has 2 aromatic rings. The van der Waals surface area contributed by atoms with Crippen LogP contribution in [0.5, 0.6) is 0 Å². The minimum Gasteiger partial charge on any atom is -0.336 e. The molecule has 6 nitrogen and oxygen atoms in total. The summed E-state index contributed by atoms with van der Waals surface area (Å²) in [5.41, 5.74) is 0.446. The third-order valence-electron chi connectivity index (χ3n) is 4.84. The minimum absolute atomic E-state index is 0.00415. The van der Waals surface area contributed by atoms with Crippen molar-refractivity contribution >= 4 is 23.3 Å². The van der Waals surface area contributed by atoms with Crippen LogP contribution >= 0.6 is 11.6 Å². The Morgan fingerprint density at radius 1 is 1.17 bits per heavy atom. The average molecular weight is 334 g/mol. The highest BCUT2D eigenvalue weighted by Gasteiger charge is 2.30. The van der Waals surface area contributed by atoms with Crippen molar-refractivity contribution in [2.45, 2.75) is 31.7 Å². The van der Waals surface area contributed by atoms with Gasteiger partial charge in [-0.15, -0.1) is 0 Å². The lowest BCUT2D eigenvalue weighted by Crippen LogP contribution is -2.49. The Morgan fingerprint density at radius 3 is 2.83 bits per heavy atom. The Balaban J connectivity index is 1.52. The van der Waals surface area contributed by atoms with Crippen molar-refractivity contribution in [2.75, 3.05) is 26.2 Å². The lowest BCUT2D eigenvalue weighted by atomic mass is 10.0. The van der Waals surface area contributed by atoms with Crippen LogP contribution in [0.15, 0.2) is 18.6 Å². The molecule has 0 bridgehead atoms. The first-order chi connectivity index (χ1) is 11.2. The largest absolute Gasteiger partial charge is 0.336 e. The second-order valence-electron chi connectivity index (χ2n) is 6.40. The highest BCUT2D eigenvalue weighted by Crippen LogP contribution is 2.21. The Kier molecular flexibility index (Phi) is 3.95. The predicted octanol–water partition coefficient (Wildman–Crippen LogP) is 2.08. The zero-order chi connectivity index (χ0) is 15.8. The summed E-state index contributed by atoms with van der Waals surface area (Å²) in [7, 11) is 0. The molecule has 1 atom stereocenters. The predicted molar refractivity (Wildman–Crippen MR) is 87.7 cm³/mol. The van der Waals surface area contributed by atoms with Crippen molar-refractivity contribution in [3.05, 3.63) is 29.3 Å². The number of aromatic nitrogens is 3. The van der Waals surface area contributed by atoms with Crippen LogP contribution in [0.2, 0.25) is 5.02 Å². The minimum atomic E-state index is -0.00415. The number of amides is 1. The van der Waals surface area contributed by atoms with Gasteiger partial charge in [0.2, 0.25) is 5.78 Å². The number of carbonyl (C=O) groups is 1. The molecule has 2 saturated heterocycles. The van der Waals surface area contributed by atoms with Crippen molar-refractivity contribution in [3.63, 3.8) is 0 Å². The van der Waals surface area contributed by atoms with Crippen molar-refractivity contribution in [1.29, 1.82) is 0 Å². The second-order valence-corrected chi connectivity index (χ2v) is 6.83. The quantitative estimate of drug-likeness (QED) is 0.844. The number of nitrogens with zero attached hydrogens (tertiary/aromatic N) is 5. The number of hydrogen-bond acceptors (Lipinski definition) is 4. The molecule has 1 amide bonds. The number of hydrogen-bond donors (Lipinski definition) is 0. The van der Waals surface area contributed by atoms with E-state index >= 15 is 0 Å². The van der Waals surface area contributed by atoms with Gasteiger partial charge in [0.1, 0.15) is 5.69 Å². The number of carbonyl (C=O) groups excluding carboxylic acids is 1. The lowest BCUT2D eigenvalue weighted by molar-refractivity contribution is 0.0603. The number of piperidine rings is 1. The summed E-state index contributed by atoms with van der Waals surface area (Å²) < 4.78 is 1.71. The van der Waals surface area contributed by atoms with Crippen LogP contribution in [0.25, 0.3) is 5.78 Å². The number of rotatable bonds is 2. The molecule has 7 heteroatoms. The number of fused-ring (bicyclic) bond motifs is 1. The normalized spacial score (nSPS) is 22.8. The van der Waals surface area contributed by atoms with Crippen LogP contribution in [0.3, 0.4) is 0 Å². The van der Waals surface area contributed by atoms with Gasteiger partial charge in [0.05, 0.1) is 11.2 Å². The highest BCUT2D eigenvalue weighted by molar-refractivity contribution is 6.30. The van der Waals surface area contributed by atoms with E-state index in [1.807, 2.05) is 4.90 Å². The molecule has 0 saturated carbocycles. The fraction of sp³-hybridized carbons (Fsp3) is 0.562. The van der Waals surface area contributed by atoms with Crippen molar-refractivity contribution in [1.82, 2.24) is 24.2 Å². The van der Waals surface area contributed by atoms with E-state index in [9.17, 15) is 4.79 Å². The van der Waals surface area contributed by atoms with Gasteiger partial charge >= 0.3 is 0 Å². The molecule has 23 heavy (non-hydrogen) atoms. The molecule has 2 aliphatic heterocycles. The Labute approximate surface area is 140 Å². The van der Waals surface area contributed by atoms with Gasteiger partial charge in [-0.3, -0.25) is 14.1 Å². The summed E-state index contributed by atoms with van der Waals surface area (Å²) in [5.74, 6) is 0.501. The fourth-order valence-electron chi connectivity index (χ4n) is 3.67. The van der Waals surface area contributed by atoms with E-state index in [-0.39, 0.29) is 5.91 Å². The van der Waals surface area contributed by atoms with Gasteiger partial charge in [-0.05, 0) is 38.8 Å². The van der Waals surface area contributed by atoms with Gasteiger partial charge < -0.3 is 4.90 Å². The first-order valence-electron chi connectivity index (χ1n) is 8.24. The third-order valence-corrected chi connectivity index (χ3v) is 5.03. The second kappa shape index (κ2) is 6.09. The van der Waals surface area contributed by atoms with E-state index in [0.717, 1.165) is 19.5 Å². The summed E-state index contributed by atoms with van der Waals surface area (Å²) in [6.07, 6.45) is 9.79. The summed E-state index contributed by atoms with van der Waals surface area (Å²) in [5, 5.41) is 0.529. The zero-order valence-electron chi connectivity index (χ0n) is 13.0. The molecule has 0 aromatic carbocycles. The van der Waals surface area contributed by atoms with E-state index in [4.69, 9.17) is 11.6 Å². The number of likely N-dealkylation sites (tertiary alicyclic amines) is 2. The highest BCUT2D eigenvalue weighted by atomic mass is 35.5. The molecule has 2 aromatic heterocycles. The third kappa shape index (κ3) is 2.93. The molecule has 122 valence electrons. The number of imidazole rings is 1. The standard InChI is InChI=1S/C16H20ClN5O/c17-12-8-18-16-19-14(11-22(16)9-12)15(23)21-7-3-4-13(10-21)20-5-1-2-6-20/h8-9,11,13H,1-7,10H2/t13-/m1/s1. The summed E-state index contributed by atoms with van der Waals surface area (Å²) >= 11 is 5.94. The molecule has 2 fully saturated rings. The molecule has 0 N–H and O–H groups in total. The smallest absolute Gasteiger partial charge is 0.274 e. The van der Waals surface area contributed by atoms with Gasteiger partial charge in [0.15, 0.2) is 0 Å². The summed E-state index contributed by atoms with van der Waals surface area (Å²) in [4.78, 5) is 25.7. The zero-order valence-corrected chi connectivity index (χ0v) is 13.7. The lowest BCUT2D eigenvalue weighted by Gasteiger charge is -2.37. The first kappa shape index (κ1) is 14.9. The monoisotopic (exact) mass is 333 g/mol. The molecular weight excluding hydrogens is 314 g/mol. The molecular formula is C16H20ClN5O. The summed E-state index contributed by atoms with van der Waals surface area (Å²) in [6.45, 7) is 3.96. The molecule has 0 aliphatic carbocycles. The number of halogens is 1. The van der Waals surface area contributed by atoms with Gasteiger partial charge in [0, 0.05) is 31.5 Å². The van der Waals surface area contributed by atoms with Crippen molar-refractivity contribution in [2.24, 2.45) is 0 Å². The molecule has 4 heterocycles. The summed E-state index contributed by atoms with van der Waals surface area (Å²) in [6, 6.07) is 0.500. The Hall–Kier alpha value is -1.66. The van der Waals surface area contributed by atoms with Crippen LogP contribution in [-0.4, -0.2) is 62.3 Å². The molecule has 0 spiro atoms. The van der Waals surface area contributed by atoms with E-state index in [1.54, 1.807) is 23.0 Å². The maximum atomic E-state index is 12.8. The fourth-order valence-corrected chi connectivity index (χ4v) is 3.82. The average Bonchev–Trinajstić information content (AvgIpc) is 3.23. The molecule has 2 aliphatic rings. The van der Waals surface area contributed by atoms with E-state index in [1.165, 1.54) is 32.4 Å². The van der Waals surface area contributed by atoms with Crippen LogP contribution in [0.4, 0.5) is 0 Å². The van der Waals surface area contributed by atoms with Crippen LogP contribution < -0.4 is 0 Å². The molecule has 0 unspecified atom stereocenters. The van der Waals surface area contributed by atoms with Gasteiger partial charge in [-0.2, -0.15) is 0 Å². The SMILES string of the molecule is O=C(c1cn2cc(Cl)cnc2n1)N1CCC[C@@H](N2CCCC2)C1. The Bertz CT molecular complexity index is 724. The maximum Gasteiger partial charge on any atom is 0.274 e. The van der Waals surface area contributed by atoms with Crippen molar-refractivity contribution < 1.29 is 4.79 Å². The maximum absolute atomic E-state index is 12.8. The van der Waals surface area contributed by atoms with Gasteiger partial charge in [-0.1, -0.05) is 11.6 Å². The van der Waals surface area contributed by atoms with E-state index in [0.29, 0.717) is 22.5 Å². The first-order valence-corrected chi connectivity index (χ1v) is 8.62.